The first kappa shape index (κ1) is 23.0. The van der Waals surface area contributed by atoms with Crippen molar-refractivity contribution < 1.29 is 19.0 Å². The highest BCUT2D eigenvalue weighted by atomic mass is 32.2. The number of likely N-dealkylation sites (tertiary alicyclic amines) is 1. The first-order valence-corrected chi connectivity index (χ1v) is 12.6. The maximum Gasteiger partial charge on any atom is 0.310 e. The monoisotopic (exact) mass is 474 g/mol. The number of carboxylic acids is 1. The summed E-state index contributed by atoms with van der Waals surface area (Å²) < 4.78 is 21.2. The Kier molecular flexibility index (Phi) is 7.33. The summed E-state index contributed by atoms with van der Waals surface area (Å²) in [7, 11) is 1.58. The van der Waals surface area contributed by atoms with Crippen LogP contribution in [0.4, 0.5) is 4.39 Å². The van der Waals surface area contributed by atoms with Crippen molar-refractivity contribution in [3.05, 3.63) is 53.3 Å². The molecule has 2 aromatic heterocycles. The number of thiophene rings is 1. The van der Waals surface area contributed by atoms with Crippen LogP contribution >= 0.6 is 23.1 Å². The van der Waals surface area contributed by atoms with Crippen molar-refractivity contribution in [2.24, 2.45) is 5.41 Å². The van der Waals surface area contributed by atoms with Crippen molar-refractivity contribution >= 4 is 40.0 Å². The highest BCUT2D eigenvalue weighted by Crippen LogP contribution is 2.37. The highest BCUT2D eigenvalue weighted by molar-refractivity contribution is 8.01. The van der Waals surface area contributed by atoms with E-state index >= 15 is 0 Å². The van der Waals surface area contributed by atoms with Gasteiger partial charge < -0.3 is 14.7 Å². The highest BCUT2D eigenvalue weighted by Gasteiger charge is 2.44. The Labute approximate surface area is 195 Å². The number of aliphatic carboxylic acids is 1. The van der Waals surface area contributed by atoms with E-state index in [2.05, 4.69) is 21.3 Å². The van der Waals surface area contributed by atoms with Crippen LogP contribution < -0.4 is 4.74 Å². The van der Waals surface area contributed by atoms with Crippen LogP contribution in [0.5, 0.6) is 5.75 Å². The molecule has 32 heavy (non-hydrogen) atoms. The summed E-state index contributed by atoms with van der Waals surface area (Å²) in [5.41, 5.74) is 0.534. The van der Waals surface area contributed by atoms with Crippen LogP contribution in [0.25, 0.3) is 10.9 Å². The molecule has 0 spiro atoms. The van der Waals surface area contributed by atoms with Crippen LogP contribution in [0, 0.1) is 11.2 Å². The molecule has 0 aliphatic carbocycles. The number of halogens is 1. The minimum Gasteiger partial charge on any atom is -0.497 e. The lowest BCUT2D eigenvalue weighted by atomic mass is 9.81. The number of nitrogens with zero attached hydrogens (tertiary/aromatic N) is 2. The zero-order valence-electron chi connectivity index (χ0n) is 18.1. The summed E-state index contributed by atoms with van der Waals surface area (Å²) in [5.74, 6) is 0.508. The molecule has 5 nitrogen and oxygen atoms in total. The number of ether oxygens (including phenoxy) is 1. The third kappa shape index (κ3) is 5.08. The van der Waals surface area contributed by atoms with Gasteiger partial charge >= 0.3 is 5.97 Å². The van der Waals surface area contributed by atoms with E-state index in [1.807, 2.05) is 23.9 Å². The summed E-state index contributed by atoms with van der Waals surface area (Å²) in [4.78, 5) is 18.6. The van der Waals surface area contributed by atoms with Crippen molar-refractivity contribution in [2.45, 2.75) is 29.9 Å². The molecule has 1 saturated heterocycles. The molecule has 3 aromatic rings. The van der Waals surface area contributed by atoms with E-state index in [1.54, 1.807) is 30.6 Å². The largest absolute Gasteiger partial charge is 0.497 e. The number of aryl methyl sites for hydroxylation is 1. The lowest BCUT2D eigenvalue weighted by molar-refractivity contribution is -0.148. The van der Waals surface area contributed by atoms with Crippen LogP contribution in [0.2, 0.25) is 0 Å². The van der Waals surface area contributed by atoms with Crippen molar-refractivity contribution in [2.75, 3.05) is 32.5 Å². The molecule has 8 heteroatoms. The number of hydrogen-bond acceptors (Lipinski definition) is 6. The van der Waals surface area contributed by atoms with Gasteiger partial charge in [0.15, 0.2) is 0 Å². The van der Waals surface area contributed by atoms with Gasteiger partial charge in [-0.05, 0) is 67.4 Å². The fourth-order valence-electron chi connectivity index (χ4n) is 4.44. The minimum absolute atomic E-state index is 0.353. The van der Waals surface area contributed by atoms with E-state index in [4.69, 9.17) is 4.74 Å². The van der Waals surface area contributed by atoms with Gasteiger partial charge in [-0.25, -0.2) is 4.39 Å². The average molecular weight is 475 g/mol. The van der Waals surface area contributed by atoms with Gasteiger partial charge in [0.1, 0.15) is 11.6 Å². The third-order valence-electron chi connectivity index (χ3n) is 6.25. The lowest BCUT2D eigenvalue weighted by Gasteiger charge is -2.25. The van der Waals surface area contributed by atoms with E-state index in [0.717, 1.165) is 24.2 Å². The molecule has 1 aromatic carbocycles. The first-order valence-electron chi connectivity index (χ1n) is 10.7. The number of methoxy groups -OCH3 is 1. The molecule has 1 atom stereocenters. The van der Waals surface area contributed by atoms with Gasteiger partial charge in [-0.15, -0.1) is 23.1 Å². The van der Waals surface area contributed by atoms with Crippen molar-refractivity contribution in [1.29, 1.82) is 0 Å². The van der Waals surface area contributed by atoms with E-state index in [1.165, 1.54) is 10.4 Å². The van der Waals surface area contributed by atoms with Crippen molar-refractivity contribution in [3.8, 4) is 5.75 Å². The number of carboxylic acid groups (broad SMARTS) is 1. The number of aromatic nitrogens is 1. The second-order valence-corrected chi connectivity index (χ2v) is 10.6. The zero-order chi connectivity index (χ0) is 22.6. The molecule has 0 bridgehead atoms. The molecule has 3 heterocycles. The van der Waals surface area contributed by atoms with E-state index in [0.29, 0.717) is 49.1 Å². The van der Waals surface area contributed by atoms with E-state index in [-0.39, 0.29) is 5.82 Å². The predicted octanol–water partition coefficient (Wildman–Crippen LogP) is 5.34. The SMILES string of the molecule is COc1ccc2ncc(F)c(CCCC3(C(=O)O)CCN(CCSc4cccs4)C3)c2c1. The topological polar surface area (TPSA) is 62.7 Å². The number of benzene rings is 1. The Balaban J connectivity index is 1.38. The molecule has 170 valence electrons. The van der Waals surface area contributed by atoms with Gasteiger partial charge in [0.2, 0.25) is 0 Å². The molecule has 1 aliphatic heterocycles. The molecule has 0 saturated carbocycles. The van der Waals surface area contributed by atoms with Crippen LogP contribution in [0.3, 0.4) is 0 Å². The van der Waals surface area contributed by atoms with Crippen molar-refractivity contribution in [3.63, 3.8) is 0 Å². The Morgan fingerprint density at radius 1 is 1.41 bits per heavy atom. The van der Waals surface area contributed by atoms with Gasteiger partial charge in [-0.3, -0.25) is 9.78 Å². The van der Waals surface area contributed by atoms with Crippen LogP contribution in [-0.2, 0) is 11.2 Å². The van der Waals surface area contributed by atoms with Gasteiger partial charge in [-0.1, -0.05) is 6.07 Å². The fraction of sp³-hybridized carbons (Fsp3) is 0.417. The maximum absolute atomic E-state index is 14.6. The lowest BCUT2D eigenvalue weighted by Crippen LogP contribution is -2.35. The summed E-state index contributed by atoms with van der Waals surface area (Å²) in [5, 5.41) is 12.8. The molecule has 1 N–H and O–H groups in total. The molecular formula is C24H27FN2O3S2. The summed E-state index contributed by atoms with van der Waals surface area (Å²) in [6.07, 6.45) is 3.50. The molecule has 0 radical (unpaired) electrons. The maximum atomic E-state index is 14.6. The number of rotatable bonds is 10. The first-order chi connectivity index (χ1) is 15.5. The van der Waals surface area contributed by atoms with Gasteiger partial charge in [0.05, 0.1) is 28.4 Å². The van der Waals surface area contributed by atoms with E-state index < -0.39 is 11.4 Å². The zero-order valence-corrected chi connectivity index (χ0v) is 19.7. The smallest absolute Gasteiger partial charge is 0.310 e. The van der Waals surface area contributed by atoms with E-state index in [9.17, 15) is 14.3 Å². The average Bonchev–Trinajstić information content (AvgIpc) is 3.46. The number of hydrogen-bond donors (Lipinski definition) is 1. The molecule has 1 unspecified atom stereocenters. The predicted molar refractivity (Wildman–Crippen MR) is 127 cm³/mol. The second-order valence-electron chi connectivity index (χ2n) is 8.21. The van der Waals surface area contributed by atoms with Crippen LogP contribution in [0.15, 0.2) is 46.1 Å². The Bertz CT molecular complexity index is 1080. The fourth-order valence-corrected chi connectivity index (χ4v) is 6.31. The number of carbonyl (C=O) groups is 1. The summed E-state index contributed by atoms with van der Waals surface area (Å²) >= 11 is 3.55. The van der Waals surface area contributed by atoms with Crippen LogP contribution in [-0.4, -0.2) is 53.5 Å². The normalized spacial score (nSPS) is 18.9. The van der Waals surface area contributed by atoms with Crippen molar-refractivity contribution in [1.82, 2.24) is 9.88 Å². The molecule has 0 amide bonds. The molecule has 1 aliphatic rings. The number of fused-ring (bicyclic) bond motifs is 1. The molecule has 4 rings (SSSR count). The number of pyridine rings is 1. The Morgan fingerprint density at radius 2 is 2.28 bits per heavy atom. The molecule has 1 fully saturated rings. The van der Waals surface area contributed by atoms with Gasteiger partial charge in [0, 0.05) is 24.2 Å². The minimum atomic E-state index is -0.759. The quantitative estimate of drug-likeness (QED) is 0.401. The van der Waals surface area contributed by atoms with Crippen LogP contribution in [0.1, 0.15) is 24.8 Å². The molecular weight excluding hydrogens is 447 g/mol. The van der Waals surface area contributed by atoms with Gasteiger partial charge in [-0.2, -0.15) is 0 Å². The van der Waals surface area contributed by atoms with Gasteiger partial charge in [0.25, 0.3) is 0 Å². The number of thioether (sulfide) groups is 1. The standard InChI is InChI=1S/C24H27FN2O3S2/c1-30-17-6-7-21-19(14-17)18(20(25)15-26-21)4-2-8-24(23(28)29)9-10-27(16-24)11-13-32-22-5-3-12-31-22/h3,5-7,12,14-15H,2,4,8-11,13,16H2,1H3,(H,28,29). The summed E-state index contributed by atoms with van der Waals surface area (Å²) in [6, 6.07) is 9.58. The summed E-state index contributed by atoms with van der Waals surface area (Å²) in [6.45, 7) is 2.22. The Hall–Kier alpha value is -2.16. The second kappa shape index (κ2) is 10.2. The third-order valence-corrected chi connectivity index (χ3v) is 8.36. The Morgan fingerprint density at radius 3 is 3.03 bits per heavy atom.